The predicted octanol–water partition coefficient (Wildman–Crippen LogP) is 3.54. The number of nitrogens with zero attached hydrogens (tertiary/aromatic N) is 5. The van der Waals surface area contributed by atoms with E-state index >= 15 is 0 Å². The van der Waals surface area contributed by atoms with Crippen LogP contribution in [0.4, 0.5) is 10.9 Å². The Bertz CT molecular complexity index is 1210. The summed E-state index contributed by atoms with van der Waals surface area (Å²) in [5.41, 5.74) is 2.90. The Morgan fingerprint density at radius 3 is 2.77 bits per heavy atom. The zero-order valence-electron chi connectivity index (χ0n) is 21.2. The molecule has 1 aromatic carbocycles. The maximum Gasteiger partial charge on any atom is 0.239 e. The summed E-state index contributed by atoms with van der Waals surface area (Å²) in [6.07, 6.45) is 2.34. The van der Waals surface area contributed by atoms with Gasteiger partial charge in [-0.2, -0.15) is 4.52 Å². The van der Waals surface area contributed by atoms with Crippen LogP contribution in [0.5, 0.6) is 0 Å². The van der Waals surface area contributed by atoms with E-state index in [2.05, 4.69) is 56.5 Å². The van der Waals surface area contributed by atoms with Gasteiger partial charge in [0.1, 0.15) is 5.69 Å². The molecule has 1 fully saturated rings. The van der Waals surface area contributed by atoms with Crippen LogP contribution >= 0.6 is 11.3 Å². The van der Waals surface area contributed by atoms with Gasteiger partial charge in [0, 0.05) is 44.2 Å². The normalized spacial score (nSPS) is 14.1. The monoisotopic (exact) mass is 497 g/mol. The van der Waals surface area contributed by atoms with Gasteiger partial charge >= 0.3 is 0 Å². The molecule has 0 aliphatic carbocycles. The van der Waals surface area contributed by atoms with Crippen LogP contribution in [-0.2, 0) is 9.59 Å². The first kappa shape index (κ1) is 25.0. The predicted molar refractivity (Wildman–Crippen MR) is 141 cm³/mol. The average molecular weight is 498 g/mol. The lowest BCUT2D eigenvalue weighted by molar-refractivity contribution is -0.127. The molecule has 3 aromatic rings. The van der Waals surface area contributed by atoms with E-state index in [1.807, 2.05) is 27.4 Å². The maximum absolute atomic E-state index is 12.5. The highest BCUT2D eigenvalue weighted by atomic mass is 32.1. The number of rotatable bonds is 9. The molecule has 2 aromatic heterocycles. The molecule has 0 radical (unpaired) electrons. The number of benzene rings is 1. The molecule has 2 N–H and O–H groups in total. The number of fused-ring (bicyclic) bond motifs is 1. The van der Waals surface area contributed by atoms with Crippen molar-refractivity contribution in [2.75, 3.05) is 43.4 Å². The molecule has 0 spiro atoms. The Balaban J connectivity index is 1.43. The summed E-state index contributed by atoms with van der Waals surface area (Å²) in [6.45, 7) is 10.7. The van der Waals surface area contributed by atoms with Crippen molar-refractivity contribution >= 4 is 39.1 Å². The molecule has 4 rings (SSSR count). The van der Waals surface area contributed by atoms with Gasteiger partial charge in [-0.3, -0.25) is 9.59 Å². The zero-order chi connectivity index (χ0) is 25.2. The van der Waals surface area contributed by atoms with Gasteiger partial charge in [0.15, 0.2) is 5.82 Å². The Labute approximate surface area is 210 Å². The fourth-order valence-electron chi connectivity index (χ4n) is 4.13. The van der Waals surface area contributed by atoms with E-state index in [1.165, 1.54) is 16.9 Å². The SMILES string of the molecule is Cc1cccc(-c2nc3sc(N(C)CC(=O)NCCCN4CCCC4=O)nn3c2NC(C)(C)C)c1. The molecule has 9 nitrogen and oxygen atoms in total. The van der Waals surface area contributed by atoms with Gasteiger partial charge in [-0.25, -0.2) is 4.98 Å². The van der Waals surface area contributed by atoms with Crippen molar-refractivity contribution in [2.24, 2.45) is 0 Å². The van der Waals surface area contributed by atoms with Crippen molar-refractivity contribution in [3.8, 4) is 11.3 Å². The van der Waals surface area contributed by atoms with Crippen LogP contribution in [0, 0.1) is 6.92 Å². The van der Waals surface area contributed by atoms with Crippen LogP contribution in [0.15, 0.2) is 24.3 Å². The van der Waals surface area contributed by atoms with Crippen molar-refractivity contribution < 1.29 is 9.59 Å². The Hall–Kier alpha value is -3.14. The molecule has 10 heteroatoms. The highest BCUT2D eigenvalue weighted by Gasteiger charge is 2.23. The quantitative estimate of drug-likeness (QED) is 0.439. The standard InChI is InChI=1S/C25H35N7O2S/c1-17-9-6-10-18(15-17)21-22(28-25(2,3)4)32-23(27-21)35-24(29-32)30(5)16-19(33)26-12-8-14-31-13-7-11-20(31)34/h6,9-10,15,28H,7-8,11-14,16H2,1-5H3,(H,26,33). The number of imidazole rings is 1. The average Bonchev–Trinajstić information content (AvgIpc) is 3.46. The van der Waals surface area contributed by atoms with E-state index in [0.717, 1.165) is 46.6 Å². The summed E-state index contributed by atoms with van der Waals surface area (Å²) in [6, 6.07) is 8.29. The Kier molecular flexibility index (Phi) is 7.30. The minimum atomic E-state index is -0.177. The largest absolute Gasteiger partial charge is 0.364 e. The number of likely N-dealkylation sites (N-methyl/N-ethyl adjacent to an activating group) is 1. The number of anilines is 2. The third kappa shape index (κ3) is 6.11. The smallest absolute Gasteiger partial charge is 0.239 e. The van der Waals surface area contributed by atoms with E-state index < -0.39 is 0 Å². The summed E-state index contributed by atoms with van der Waals surface area (Å²) in [7, 11) is 1.86. The van der Waals surface area contributed by atoms with Gasteiger partial charge in [-0.05, 0) is 46.6 Å². The van der Waals surface area contributed by atoms with Crippen molar-refractivity contribution in [1.29, 1.82) is 0 Å². The second-order valence-electron chi connectivity index (χ2n) is 10.2. The van der Waals surface area contributed by atoms with Crippen LogP contribution in [0.2, 0.25) is 0 Å². The fraction of sp³-hybridized carbons (Fsp3) is 0.520. The summed E-state index contributed by atoms with van der Waals surface area (Å²) >= 11 is 1.46. The van der Waals surface area contributed by atoms with Crippen LogP contribution in [0.1, 0.15) is 45.6 Å². The molecule has 3 heterocycles. The fourth-order valence-corrected chi connectivity index (χ4v) is 4.99. The number of hydrogen-bond acceptors (Lipinski definition) is 7. The lowest BCUT2D eigenvalue weighted by Crippen LogP contribution is -2.37. The van der Waals surface area contributed by atoms with Gasteiger partial charge in [0.05, 0.1) is 6.54 Å². The third-order valence-corrected chi connectivity index (χ3v) is 6.81. The molecule has 1 aliphatic heterocycles. The number of aromatic nitrogens is 3. The number of hydrogen-bond donors (Lipinski definition) is 2. The first-order valence-electron chi connectivity index (χ1n) is 12.1. The van der Waals surface area contributed by atoms with Gasteiger partial charge in [-0.15, -0.1) is 5.10 Å². The maximum atomic E-state index is 12.5. The van der Waals surface area contributed by atoms with Gasteiger partial charge in [0.2, 0.25) is 21.9 Å². The molecule has 0 atom stereocenters. The van der Waals surface area contributed by atoms with E-state index in [0.29, 0.717) is 19.5 Å². The lowest BCUT2D eigenvalue weighted by atomic mass is 10.1. The molecular formula is C25H35N7O2S. The minimum Gasteiger partial charge on any atom is -0.364 e. The van der Waals surface area contributed by atoms with Crippen molar-refractivity contribution in [1.82, 2.24) is 24.8 Å². The second kappa shape index (κ2) is 10.2. The van der Waals surface area contributed by atoms with E-state index in [-0.39, 0.29) is 23.9 Å². The molecule has 0 saturated carbocycles. The van der Waals surface area contributed by atoms with Gasteiger partial charge in [0.25, 0.3) is 0 Å². The number of carbonyl (C=O) groups is 2. The number of amides is 2. The van der Waals surface area contributed by atoms with Crippen LogP contribution in [0.25, 0.3) is 16.2 Å². The highest BCUT2D eigenvalue weighted by molar-refractivity contribution is 7.20. The van der Waals surface area contributed by atoms with Gasteiger partial charge < -0.3 is 20.4 Å². The van der Waals surface area contributed by atoms with Crippen molar-refractivity contribution in [3.05, 3.63) is 29.8 Å². The van der Waals surface area contributed by atoms with Crippen molar-refractivity contribution in [3.63, 3.8) is 0 Å². The lowest BCUT2D eigenvalue weighted by Gasteiger charge is -2.22. The minimum absolute atomic E-state index is 0.0680. The first-order chi connectivity index (χ1) is 16.6. The van der Waals surface area contributed by atoms with E-state index in [1.54, 1.807) is 0 Å². The molecule has 2 amide bonds. The molecule has 188 valence electrons. The summed E-state index contributed by atoms with van der Waals surface area (Å²) in [5, 5.41) is 12.0. The summed E-state index contributed by atoms with van der Waals surface area (Å²) < 4.78 is 1.84. The molecular weight excluding hydrogens is 462 g/mol. The van der Waals surface area contributed by atoms with Crippen LogP contribution < -0.4 is 15.5 Å². The highest BCUT2D eigenvalue weighted by Crippen LogP contribution is 2.34. The van der Waals surface area contributed by atoms with E-state index in [4.69, 9.17) is 10.1 Å². The Morgan fingerprint density at radius 1 is 1.29 bits per heavy atom. The first-order valence-corrected chi connectivity index (χ1v) is 12.9. The number of aryl methyl sites for hydroxylation is 1. The molecule has 0 bridgehead atoms. The topological polar surface area (TPSA) is 94.9 Å². The van der Waals surface area contributed by atoms with Gasteiger partial charge in [-0.1, -0.05) is 35.1 Å². The Morgan fingerprint density at radius 2 is 2.09 bits per heavy atom. The zero-order valence-corrected chi connectivity index (χ0v) is 22.0. The molecule has 1 aliphatic rings. The number of likely N-dealkylation sites (tertiary alicyclic amines) is 1. The number of nitrogens with one attached hydrogen (secondary N) is 2. The molecule has 35 heavy (non-hydrogen) atoms. The van der Waals surface area contributed by atoms with Crippen LogP contribution in [-0.4, -0.2) is 70.1 Å². The second-order valence-corrected chi connectivity index (χ2v) is 11.1. The number of carbonyl (C=O) groups excluding carboxylic acids is 2. The van der Waals surface area contributed by atoms with Crippen molar-refractivity contribution in [2.45, 2.75) is 52.5 Å². The van der Waals surface area contributed by atoms with Crippen LogP contribution in [0.3, 0.4) is 0 Å². The molecule has 0 unspecified atom stereocenters. The van der Waals surface area contributed by atoms with E-state index in [9.17, 15) is 9.59 Å². The molecule has 1 saturated heterocycles. The summed E-state index contributed by atoms with van der Waals surface area (Å²) in [4.78, 5) is 33.5. The summed E-state index contributed by atoms with van der Waals surface area (Å²) in [5.74, 6) is 0.993. The third-order valence-electron chi connectivity index (χ3n) is 5.78.